The Morgan fingerprint density at radius 1 is 1.04 bits per heavy atom. The molecule has 1 aromatic carbocycles. The van der Waals surface area contributed by atoms with Gasteiger partial charge in [0.15, 0.2) is 0 Å². The van der Waals surface area contributed by atoms with Gasteiger partial charge in [-0.1, -0.05) is 25.1 Å². The zero-order valence-electron chi connectivity index (χ0n) is 14.2. The molecule has 1 aromatic heterocycles. The molecule has 122 valence electrons. The molecule has 1 aliphatic heterocycles. The molecule has 0 saturated carbocycles. The lowest BCUT2D eigenvalue weighted by atomic mass is 10.2. The third kappa shape index (κ3) is 3.79. The molecular weight excluding hydrogens is 286 g/mol. The van der Waals surface area contributed by atoms with Gasteiger partial charge in [-0.2, -0.15) is 4.98 Å². The van der Waals surface area contributed by atoms with Crippen molar-refractivity contribution in [3.05, 3.63) is 41.6 Å². The highest BCUT2D eigenvalue weighted by atomic mass is 15.3. The molecule has 3 rings (SSSR count). The van der Waals surface area contributed by atoms with Crippen LogP contribution in [0.15, 0.2) is 30.3 Å². The summed E-state index contributed by atoms with van der Waals surface area (Å²) in [5, 5.41) is 3.42. The summed E-state index contributed by atoms with van der Waals surface area (Å²) >= 11 is 0. The van der Waals surface area contributed by atoms with E-state index in [1.807, 2.05) is 25.1 Å². The highest BCUT2D eigenvalue weighted by Gasteiger charge is 2.18. The molecule has 1 saturated heterocycles. The number of aromatic nitrogens is 2. The maximum atomic E-state index is 4.73. The highest BCUT2D eigenvalue weighted by Crippen LogP contribution is 2.21. The first-order valence-electron chi connectivity index (χ1n) is 8.31. The van der Waals surface area contributed by atoms with Gasteiger partial charge in [-0.05, 0) is 32.0 Å². The number of hydrogen-bond acceptors (Lipinski definition) is 5. The van der Waals surface area contributed by atoms with E-state index in [0.29, 0.717) is 0 Å². The molecule has 0 aliphatic carbocycles. The van der Waals surface area contributed by atoms with E-state index >= 15 is 0 Å². The predicted molar refractivity (Wildman–Crippen MR) is 95.6 cm³/mol. The third-order valence-corrected chi connectivity index (χ3v) is 4.35. The first-order valence-corrected chi connectivity index (χ1v) is 8.31. The first kappa shape index (κ1) is 15.7. The van der Waals surface area contributed by atoms with Crippen LogP contribution in [0.2, 0.25) is 0 Å². The lowest BCUT2D eigenvalue weighted by Gasteiger charge is -2.34. The van der Waals surface area contributed by atoms with Crippen molar-refractivity contribution in [1.82, 2.24) is 14.9 Å². The molecule has 1 aliphatic rings. The summed E-state index contributed by atoms with van der Waals surface area (Å²) in [5.74, 6) is 1.69. The Morgan fingerprint density at radius 3 is 2.48 bits per heavy atom. The molecule has 5 heteroatoms. The number of benzene rings is 1. The predicted octanol–water partition coefficient (Wildman–Crippen LogP) is 2.98. The van der Waals surface area contributed by atoms with Crippen molar-refractivity contribution in [2.24, 2.45) is 0 Å². The average molecular weight is 311 g/mol. The van der Waals surface area contributed by atoms with Gasteiger partial charge in [-0.3, -0.25) is 0 Å². The van der Waals surface area contributed by atoms with Crippen LogP contribution in [0.4, 0.5) is 17.5 Å². The Kier molecular flexibility index (Phi) is 4.76. The molecule has 1 fully saturated rings. The van der Waals surface area contributed by atoms with Crippen molar-refractivity contribution in [2.45, 2.75) is 20.8 Å². The fraction of sp³-hybridized carbons (Fsp3) is 0.444. The molecule has 0 spiro atoms. The van der Waals surface area contributed by atoms with Gasteiger partial charge in [-0.25, -0.2) is 4.98 Å². The van der Waals surface area contributed by atoms with Crippen LogP contribution in [0.5, 0.6) is 0 Å². The van der Waals surface area contributed by atoms with Crippen molar-refractivity contribution >= 4 is 17.5 Å². The van der Waals surface area contributed by atoms with Crippen LogP contribution in [-0.4, -0.2) is 47.6 Å². The topological polar surface area (TPSA) is 44.3 Å². The average Bonchev–Trinajstić information content (AvgIpc) is 2.56. The minimum Gasteiger partial charge on any atom is -0.340 e. The van der Waals surface area contributed by atoms with E-state index < -0.39 is 0 Å². The summed E-state index contributed by atoms with van der Waals surface area (Å²) in [6.45, 7) is 11.6. The maximum absolute atomic E-state index is 4.73. The second-order valence-electron chi connectivity index (χ2n) is 6.06. The van der Waals surface area contributed by atoms with Crippen molar-refractivity contribution < 1.29 is 0 Å². The Labute approximate surface area is 138 Å². The number of nitrogens with zero attached hydrogens (tertiary/aromatic N) is 4. The van der Waals surface area contributed by atoms with Crippen molar-refractivity contribution in [3.63, 3.8) is 0 Å². The fourth-order valence-corrected chi connectivity index (χ4v) is 2.87. The van der Waals surface area contributed by atoms with E-state index in [1.54, 1.807) is 0 Å². The number of likely N-dealkylation sites (N-methyl/N-ethyl adjacent to an activating group) is 1. The van der Waals surface area contributed by atoms with E-state index in [1.165, 1.54) is 5.56 Å². The standard InChI is InChI=1S/C18H25N5/c1-4-22-9-11-23(12-10-22)18-19-15(3)13-17(21-18)20-16-8-6-5-7-14(16)2/h5-8,13H,4,9-12H2,1-3H3,(H,19,20,21). The van der Waals surface area contributed by atoms with Crippen LogP contribution in [0.1, 0.15) is 18.2 Å². The van der Waals surface area contributed by atoms with E-state index in [0.717, 1.165) is 55.9 Å². The van der Waals surface area contributed by atoms with Gasteiger partial charge < -0.3 is 15.1 Å². The molecule has 23 heavy (non-hydrogen) atoms. The molecule has 2 heterocycles. The molecule has 0 bridgehead atoms. The summed E-state index contributed by atoms with van der Waals surface area (Å²) in [4.78, 5) is 14.1. The molecule has 0 amide bonds. The van der Waals surface area contributed by atoms with Crippen LogP contribution in [0, 0.1) is 13.8 Å². The van der Waals surface area contributed by atoms with Gasteiger partial charge >= 0.3 is 0 Å². The lowest BCUT2D eigenvalue weighted by molar-refractivity contribution is 0.270. The molecule has 0 radical (unpaired) electrons. The highest BCUT2D eigenvalue weighted by molar-refractivity contribution is 5.61. The van der Waals surface area contributed by atoms with Crippen LogP contribution in [0.25, 0.3) is 0 Å². The second kappa shape index (κ2) is 6.96. The van der Waals surface area contributed by atoms with Gasteiger partial charge in [0.25, 0.3) is 0 Å². The lowest BCUT2D eigenvalue weighted by Crippen LogP contribution is -2.46. The first-order chi connectivity index (χ1) is 11.2. The fourth-order valence-electron chi connectivity index (χ4n) is 2.87. The van der Waals surface area contributed by atoms with Gasteiger partial charge in [0.2, 0.25) is 5.95 Å². The molecule has 0 atom stereocenters. The largest absolute Gasteiger partial charge is 0.340 e. The van der Waals surface area contributed by atoms with Crippen molar-refractivity contribution in [3.8, 4) is 0 Å². The van der Waals surface area contributed by atoms with Gasteiger partial charge in [0.05, 0.1) is 0 Å². The van der Waals surface area contributed by atoms with Crippen molar-refractivity contribution in [2.75, 3.05) is 42.9 Å². The maximum Gasteiger partial charge on any atom is 0.227 e. The summed E-state index contributed by atoms with van der Waals surface area (Å²) in [6.07, 6.45) is 0. The van der Waals surface area contributed by atoms with Crippen molar-refractivity contribution in [1.29, 1.82) is 0 Å². The molecule has 2 aromatic rings. The summed E-state index contributed by atoms with van der Waals surface area (Å²) < 4.78 is 0. The molecule has 5 nitrogen and oxygen atoms in total. The zero-order chi connectivity index (χ0) is 16.2. The monoisotopic (exact) mass is 311 g/mol. The number of piperazine rings is 1. The summed E-state index contributed by atoms with van der Waals surface area (Å²) in [7, 11) is 0. The number of hydrogen-bond donors (Lipinski definition) is 1. The minimum absolute atomic E-state index is 0.830. The normalized spacial score (nSPS) is 15.7. The van der Waals surface area contributed by atoms with Gasteiger partial charge in [-0.15, -0.1) is 0 Å². The quantitative estimate of drug-likeness (QED) is 0.940. The molecule has 0 unspecified atom stereocenters. The van der Waals surface area contributed by atoms with E-state index in [9.17, 15) is 0 Å². The van der Waals surface area contributed by atoms with E-state index in [2.05, 4.69) is 46.1 Å². The van der Waals surface area contributed by atoms with E-state index in [4.69, 9.17) is 4.98 Å². The summed E-state index contributed by atoms with van der Waals surface area (Å²) in [6, 6.07) is 10.3. The molecule has 1 N–H and O–H groups in total. The minimum atomic E-state index is 0.830. The zero-order valence-corrected chi connectivity index (χ0v) is 14.2. The van der Waals surface area contributed by atoms with Crippen LogP contribution < -0.4 is 10.2 Å². The SMILES string of the molecule is CCN1CCN(c2nc(C)cc(Nc3ccccc3C)n2)CC1. The van der Waals surface area contributed by atoms with Crippen LogP contribution >= 0.6 is 0 Å². The van der Waals surface area contributed by atoms with Gasteiger partial charge in [0, 0.05) is 43.6 Å². The Hall–Kier alpha value is -2.14. The number of para-hydroxylation sites is 1. The summed E-state index contributed by atoms with van der Waals surface area (Å²) in [5.41, 5.74) is 3.29. The Bertz CT molecular complexity index is 662. The Balaban J connectivity index is 1.78. The number of anilines is 3. The van der Waals surface area contributed by atoms with E-state index in [-0.39, 0.29) is 0 Å². The smallest absolute Gasteiger partial charge is 0.227 e. The third-order valence-electron chi connectivity index (χ3n) is 4.35. The number of nitrogens with one attached hydrogen (secondary N) is 1. The second-order valence-corrected chi connectivity index (χ2v) is 6.06. The number of aryl methyl sites for hydroxylation is 2. The van der Waals surface area contributed by atoms with Crippen LogP contribution in [-0.2, 0) is 0 Å². The molecular formula is C18H25N5. The van der Waals surface area contributed by atoms with Crippen LogP contribution in [0.3, 0.4) is 0 Å². The van der Waals surface area contributed by atoms with Gasteiger partial charge in [0.1, 0.15) is 5.82 Å². The Morgan fingerprint density at radius 2 is 1.78 bits per heavy atom. The number of rotatable bonds is 4.